The Hall–Kier alpha value is -1.30. The van der Waals surface area contributed by atoms with Crippen molar-refractivity contribution in [3.05, 3.63) is 53.1 Å². The van der Waals surface area contributed by atoms with Crippen molar-refractivity contribution in [3.63, 3.8) is 0 Å². The third-order valence-corrected chi connectivity index (χ3v) is 3.13. The summed E-state index contributed by atoms with van der Waals surface area (Å²) in [5, 5.41) is 0. The van der Waals surface area contributed by atoms with Crippen molar-refractivity contribution in [1.29, 1.82) is 0 Å². The highest BCUT2D eigenvalue weighted by Gasteiger charge is 2.13. The van der Waals surface area contributed by atoms with Crippen molar-refractivity contribution in [2.75, 3.05) is 0 Å². The van der Waals surface area contributed by atoms with Crippen LogP contribution >= 0.6 is 0 Å². The average Bonchev–Trinajstić information content (AvgIpc) is 2.63. The van der Waals surface area contributed by atoms with Crippen LogP contribution in [0, 0.1) is 0 Å². The molecule has 0 nitrogen and oxygen atoms in total. The Labute approximate surface area is 92.3 Å². The molecule has 0 heteroatoms. The fourth-order valence-corrected chi connectivity index (χ4v) is 2.26. The normalized spacial score (nSPS) is 15.7. The van der Waals surface area contributed by atoms with E-state index in [9.17, 15) is 0 Å². The van der Waals surface area contributed by atoms with Gasteiger partial charge in [-0.1, -0.05) is 49.8 Å². The van der Waals surface area contributed by atoms with E-state index in [0.717, 1.165) is 6.42 Å². The van der Waals surface area contributed by atoms with Crippen LogP contribution in [-0.4, -0.2) is 0 Å². The molecule has 0 atom stereocenters. The highest BCUT2D eigenvalue weighted by molar-refractivity contribution is 5.76. The van der Waals surface area contributed by atoms with Crippen LogP contribution in [0.2, 0.25) is 0 Å². The summed E-state index contributed by atoms with van der Waals surface area (Å²) in [6.07, 6.45) is 5.97. The second-order valence-electron chi connectivity index (χ2n) is 4.15. The molecule has 78 valence electrons. The molecule has 0 aliphatic heterocycles. The fraction of sp³-hybridized carbons (Fsp3) is 0.333. The van der Waals surface area contributed by atoms with Gasteiger partial charge in [-0.15, -0.1) is 0 Å². The first kappa shape index (κ1) is 10.2. The Balaban J connectivity index is 2.27. The molecule has 0 saturated carbocycles. The van der Waals surface area contributed by atoms with Crippen LogP contribution < -0.4 is 0 Å². The van der Waals surface area contributed by atoms with Gasteiger partial charge in [0.25, 0.3) is 0 Å². The summed E-state index contributed by atoms with van der Waals surface area (Å²) < 4.78 is 0. The summed E-state index contributed by atoms with van der Waals surface area (Å²) in [5.74, 6) is 0. The molecular weight excluding hydrogens is 180 g/mol. The second kappa shape index (κ2) is 4.48. The van der Waals surface area contributed by atoms with Crippen molar-refractivity contribution < 1.29 is 0 Å². The van der Waals surface area contributed by atoms with Crippen molar-refractivity contribution in [2.24, 2.45) is 0 Å². The lowest BCUT2D eigenvalue weighted by atomic mass is 9.99. The zero-order chi connectivity index (χ0) is 10.7. The molecule has 1 aromatic rings. The van der Waals surface area contributed by atoms with Gasteiger partial charge in [-0.3, -0.25) is 0 Å². The van der Waals surface area contributed by atoms with Crippen LogP contribution in [0.3, 0.4) is 0 Å². The molecule has 1 aromatic carbocycles. The van der Waals surface area contributed by atoms with Crippen molar-refractivity contribution in [1.82, 2.24) is 0 Å². The van der Waals surface area contributed by atoms with Gasteiger partial charge in [0.1, 0.15) is 0 Å². The summed E-state index contributed by atoms with van der Waals surface area (Å²) in [6.45, 7) is 4.51. The number of rotatable bonds is 3. The van der Waals surface area contributed by atoms with Gasteiger partial charge >= 0.3 is 0 Å². The van der Waals surface area contributed by atoms with E-state index < -0.39 is 0 Å². The lowest BCUT2D eigenvalue weighted by Crippen LogP contribution is -1.85. The van der Waals surface area contributed by atoms with Gasteiger partial charge in [-0.2, -0.15) is 0 Å². The summed E-state index contributed by atoms with van der Waals surface area (Å²) in [6, 6.07) is 10.7. The van der Waals surface area contributed by atoms with Crippen LogP contribution in [-0.2, 0) is 0 Å². The molecule has 0 radical (unpaired) electrons. The molecule has 0 heterocycles. The highest BCUT2D eigenvalue weighted by Crippen LogP contribution is 2.34. The van der Waals surface area contributed by atoms with Gasteiger partial charge in [-0.25, -0.2) is 0 Å². The predicted molar refractivity (Wildman–Crippen MR) is 66.6 cm³/mol. The van der Waals surface area contributed by atoms with E-state index in [1.54, 1.807) is 5.57 Å². The molecule has 0 saturated heterocycles. The van der Waals surface area contributed by atoms with Gasteiger partial charge in [-0.05, 0) is 42.0 Å². The van der Waals surface area contributed by atoms with Crippen LogP contribution in [0.15, 0.2) is 47.6 Å². The van der Waals surface area contributed by atoms with E-state index in [1.807, 2.05) is 0 Å². The number of hydrogen-bond acceptors (Lipinski definition) is 0. The Morgan fingerprint density at radius 2 is 1.87 bits per heavy atom. The minimum absolute atomic E-state index is 1.12. The monoisotopic (exact) mass is 198 g/mol. The molecule has 0 aromatic heterocycles. The number of benzene rings is 1. The zero-order valence-electron chi connectivity index (χ0n) is 9.59. The van der Waals surface area contributed by atoms with Gasteiger partial charge in [0.05, 0.1) is 0 Å². The van der Waals surface area contributed by atoms with Crippen LogP contribution in [0.4, 0.5) is 0 Å². The smallest absolute Gasteiger partial charge is 0.00829 e. The SMILES string of the molecule is CCCC1=CCC(c2ccccc2)=C1C. The van der Waals surface area contributed by atoms with Crippen LogP contribution in [0.25, 0.3) is 5.57 Å². The lowest BCUT2D eigenvalue weighted by molar-refractivity contribution is 0.915. The molecule has 15 heavy (non-hydrogen) atoms. The van der Waals surface area contributed by atoms with Crippen LogP contribution in [0.5, 0.6) is 0 Å². The maximum absolute atomic E-state index is 2.39. The first-order valence-electron chi connectivity index (χ1n) is 5.77. The van der Waals surface area contributed by atoms with Crippen molar-refractivity contribution >= 4 is 5.57 Å². The van der Waals surface area contributed by atoms with Gasteiger partial charge < -0.3 is 0 Å². The van der Waals surface area contributed by atoms with Crippen LogP contribution in [0.1, 0.15) is 38.7 Å². The number of hydrogen-bond donors (Lipinski definition) is 0. The zero-order valence-corrected chi connectivity index (χ0v) is 9.59. The first-order valence-corrected chi connectivity index (χ1v) is 5.77. The maximum Gasteiger partial charge on any atom is -0.00829 e. The second-order valence-corrected chi connectivity index (χ2v) is 4.15. The molecule has 1 aliphatic rings. The molecule has 0 bridgehead atoms. The Bertz CT molecular complexity index is 393. The van der Waals surface area contributed by atoms with E-state index >= 15 is 0 Å². The largest absolute Gasteiger partial charge is 0.0766 e. The standard InChI is InChI=1S/C15H18/c1-3-7-13-10-11-15(12(13)2)14-8-5-4-6-9-14/h4-6,8-10H,3,7,11H2,1-2H3. The Morgan fingerprint density at radius 1 is 1.13 bits per heavy atom. The number of allylic oxidation sites excluding steroid dienone is 4. The Morgan fingerprint density at radius 3 is 2.53 bits per heavy atom. The van der Waals surface area contributed by atoms with Crippen molar-refractivity contribution in [3.8, 4) is 0 Å². The molecule has 2 rings (SSSR count). The topological polar surface area (TPSA) is 0 Å². The van der Waals surface area contributed by atoms with Gasteiger partial charge in [0.15, 0.2) is 0 Å². The maximum atomic E-state index is 2.39. The van der Waals surface area contributed by atoms with Gasteiger partial charge in [0, 0.05) is 0 Å². The van der Waals surface area contributed by atoms with E-state index in [2.05, 4.69) is 50.3 Å². The predicted octanol–water partition coefficient (Wildman–Crippen LogP) is 4.59. The lowest BCUT2D eigenvalue weighted by Gasteiger charge is -2.06. The summed E-state index contributed by atoms with van der Waals surface area (Å²) in [7, 11) is 0. The molecule has 1 aliphatic carbocycles. The van der Waals surface area contributed by atoms with E-state index in [-0.39, 0.29) is 0 Å². The average molecular weight is 198 g/mol. The van der Waals surface area contributed by atoms with E-state index in [1.165, 1.54) is 29.6 Å². The Kier molecular flexibility index (Phi) is 3.05. The molecule has 0 fully saturated rings. The molecule has 0 N–H and O–H groups in total. The van der Waals surface area contributed by atoms with Crippen molar-refractivity contribution in [2.45, 2.75) is 33.1 Å². The highest BCUT2D eigenvalue weighted by atomic mass is 14.2. The summed E-state index contributed by atoms with van der Waals surface area (Å²) in [4.78, 5) is 0. The summed E-state index contributed by atoms with van der Waals surface area (Å²) >= 11 is 0. The molecule has 0 amide bonds. The minimum atomic E-state index is 1.12. The fourth-order valence-electron chi connectivity index (χ4n) is 2.26. The molecular formula is C15H18. The minimum Gasteiger partial charge on any atom is -0.0766 e. The molecule has 0 unspecified atom stereocenters. The van der Waals surface area contributed by atoms with E-state index in [4.69, 9.17) is 0 Å². The third-order valence-electron chi connectivity index (χ3n) is 3.13. The quantitative estimate of drug-likeness (QED) is 0.666. The molecule has 0 spiro atoms. The van der Waals surface area contributed by atoms with Gasteiger partial charge in [0.2, 0.25) is 0 Å². The third kappa shape index (κ3) is 2.04. The van der Waals surface area contributed by atoms with E-state index in [0.29, 0.717) is 0 Å². The first-order chi connectivity index (χ1) is 7.33. The summed E-state index contributed by atoms with van der Waals surface area (Å²) in [5.41, 5.74) is 5.95.